The number of aryl methyl sites for hydroxylation is 2. The molecule has 17 heavy (non-hydrogen) atoms. The predicted octanol–water partition coefficient (Wildman–Crippen LogP) is 1.90. The van der Waals surface area contributed by atoms with Crippen molar-refractivity contribution in [3.63, 3.8) is 0 Å². The Morgan fingerprint density at radius 3 is 3.12 bits per heavy atom. The van der Waals surface area contributed by atoms with Gasteiger partial charge in [-0.05, 0) is 43.9 Å². The molecule has 0 aromatic carbocycles. The van der Waals surface area contributed by atoms with Crippen LogP contribution < -0.4 is 10.6 Å². The van der Waals surface area contributed by atoms with Gasteiger partial charge < -0.3 is 10.6 Å². The van der Waals surface area contributed by atoms with Crippen LogP contribution >= 0.6 is 0 Å². The lowest BCUT2D eigenvalue weighted by atomic mass is 10.1. The van der Waals surface area contributed by atoms with E-state index in [1.165, 1.54) is 29.7 Å². The summed E-state index contributed by atoms with van der Waals surface area (Å²) in [7, 11) is 0. The van der Waals surface area contributed by atoms with Gasteiger partial charge in [0.15, 0.2) is 0 Å². The minimum Gasteiger partial charge on any atom is -0.366 e. The number of aromatic nitrogens is 1. The molecule has 0 saturated heterocycles. The number of fused-ring (bicyclic) bond motifs is 1. The van der Waals surface area contributed by atoms with Crippen LogP contribution in [-0.2, 0) is 12.8 Å². The van der Waals surface area contributed by atoms with Crippen LogP contribution in [0.2, 0.25) is 0 Å². The molecule has 0 atom stereocenters. The molecule has 0 unspecified atom stereocenters. The number of hydrogen-bond donors (Lipinski definition) is 2. The van der Waals surface area contributed by atoms with Crippen molar-refractivity contribution >= 4 is 5.82 Å². The van der Waals surface area contributed by atoms with Crippen LogP contribution in [0.4, 0.5) is 5.82 Å². The maximum Gasteiger partial charge on any atom is 0.126 e. The minimum atomic E-state index is 0.938. The number of rotatable bonds is 3. The summed E-state index contributed by atoms with van der Waals surface area (Å²) in [6.07, 6.45) is 7.06. The Hall–Kier alpha value is -1.35. The number of nitrogens with one attached hydrogen (secondary N) is 2. The van der Waals surface area contributed by atoms with E-state index in [1.807, 2.05) is 0 Å². The Balaban J connectivity index is 1.63. The second-order valence-corrected chi connectivity index (χ2v) is 4.83. The van der Waals surface area contributed by atoms with Crippen molar-refractivity contribution in [3.05, 3.63) is 35.0 Å². The summed E-state index contributed by atoms with van der Waals surface area (Å²) in [5.41, 5.74) is 4.23. The van der Waals surface area contributed by atoms with E-state index < -0.39 is 0 Å². The first-order chi connectivity index (χ1) is 8.42. The lowest BCUT2D eigenvalue weighted by Gasteiger charge is -2.15. The largest absolute Gasteiger partial charge is 0.366 e. The molecule has 1 aliphatic heterocycles. The molecule has 0 radical (unpaired) electrons. The fourth-order valence-corrected chi connectivity index (χ4v) is 2.55. The van der Waals surface area contributed by atoms with Gasteiger partial charge in [0.25, 0.3) is 0 Å². The molecule has 3 rings (SSSR count). The SMILES string of the molecule is C1=C(CNc2ccc3c(n2)CCC3)CCNC1. The molecule has 3 heteroatoms. The molecule has 0 saturated carbocycles. The van der Waals surface area contributed by atoms with Gasteiger partial charge in [-0.25, -0.2) is 4.98 Å². The zero-order valence-corrected chi connectivity index (χ0v) is 10.1. The smallest absolute Gasteiger partial charge is 0.126 e. The molecule has 0 fully saturated rings. The summed E-state index contributed by atoms with van der Waals surface area (Å²) in [5.74, 6) is 1.03. The number of nitrogens with zero attached hydrogens (tertiary/aromatic N) is 1. The van der Waals surface area contributed by atoms with Crippen molar-refractivity contribution in [3.8, 4) is 0 Å². The summed E-state index contributed by atoms with van der Waals surface area (Å²) >= 11 is 0. The van der Waals surface area contributed by atoms with Gasteiger partial charge in [0.05, 0.1) is 0 Å². The number of anilines is 1. The van der Waals surface area contributed by atoms with Crippen molar-refractivity contribution in [2.45, 2.75) is 25.7 Å². The molecule has 3 nitrogen and oxygen atoms in total. The van der Waals surface area contributed by atoms with Gasteiger partial charge in [0.2, 0.25) is 0 Å². The maximum atomic E-state index is 4.68. The van der Waals surface area contributed by atoms with E-state index in [9.17, 15) is 0 Å². The highest BCUT2D eigenvalue weighted by molar-refractivity contribution is 5.41. The van der Waals surface area contributed by atoms with E-state index in [1.54, 1.807) is 0 Å². The molecule has 90 valence electrons. The van der Waals surface area contributed by atoms with Crippen LogP contribution in [-0.4, -0.2) is 24.6 Å². The fraction of sp³-hybridized carbons (Fsp3) is 0.500. The van der Waals surface area contributed by atoms with E-state index in [0.29, 0.717) is 0 Å². The summed E-state index contributed by atoms with van der Waals surface area (Å²) < 4.78 is 0. The van der Waals surface area contributed by atoms with Crippen LogP contribution in [0.3, 0.4) is 0 Å². The maximum absolute atomic E-state index is 4.68. The Morgan fingerprint density at radius 1 is 1.24 bits per heavy atom. The van der Waals surface area contributed by atoms with Gasteiger partial charge in [-0.15, -0.1) is 0 Å². The zero-order valence-electron chi connectivity index (χ0n) is 10.1. The minimum absolute atomic E-state index is 0.938. The summed E-state index contributed by atoms with van der Waals surface area (Å²) in [5, 5.41) is 6.76. The molecule has 2 heterocycles. The highest BCUT2D eigenvalue weighted by Crippen LogP contribution is 2.21. The number of pyridine rings is 1. The molecule has 0 amide bonds. The molecule has 0 spiro atoms. The fourth-order valence-electron chi connectivity index (χ4n) is 2.55. The van der Waals surface area contributed by atoms with Crippen LogP contribution in [0, 0.1) is 0 Å². The molecule has 2 aliphatic rings. The van der Waals surface area contributed by atoms with Crippen molar-refractivity contribution in [2.75, 3.05) is 25.0 Å². The molecule has 0 bridgehead atoms. The standard InChI is InChI=1S/C14H19N3/c1-2-12-4-5-14(17-13(12)3-1)16-10-11-6-8-15-9-7-11/h4-6,15H,1-3,7-10H2,(H,16,17). The van der Waals surface area contributed by atoms with Crippen molar-refractivity contribution < 1.29 is 0 Å². The van der Waals surface area contributed by atoms with E-state index >= 15 is 0 Å². The third kappa shape index (κ3) is 2.50. The molecule has 1 aliphatic carbocycles. The zero-order chi connectivity index (χ0) is 11.5. The Morgan fingerprint density at radius 2 is 2.24 bits per heavy atom. The van der Waals surface area contributed by atoms with Gasteiger partial charge in [0.1, 0.15) is 5.82 Å². The highest BCUT2D eigenvalue weighted by atomic mass is 15.0. The van der Waals surface area contributed by atoms with Crippen molar-refractivity contribution in [1.82, 2.24) is 10.3 Å². The van der Waals surface area contributed by atoms with Gasteiger partial charge in [0, 0.05) is 18.8 Å². The Labute approximate surface area is 102 Å². The lowest BCUT2D eigenvalue weighted by molar-refractivity contribution is 0.697. The summed E-state index contributed by atoms with van der Waals surface area (Å²) in [6, 6.07) is 4.35. The molecule has 1 aromatic rings. The third-order valence-electron chi connectivity index (χ3n) is 3.58. The van der Waals surface area contributed by atoms with Gasteiger partial charge in [-0.1, -0.05) is 17.7 Å². The Kier molecular flexibility index (Phi) is 3.10. The van der Waals surface area contributed by atoms with Crippen LogP contribution in [0.5, 0.6) is 0 Å². The van der Waals surface area contributed by atoms with Crippen LogP contribution in [0.25, 0.3) is 0 Å². The molecular formula is C14H19N3. The first-order valence-corrected chi connectivity index (χ1v) is 6.53. The average molecular weight is 229 g/mol. The average Bonchev–Trinajstić information content (AvgIpc) is 2.85. The molecule has 1 aromatic heterocycles. The quantitative estimate of drug-likeness (QED) is 0.777. The lowest BCUT2D eigenvalue weighted by Crippen LogP contribution is -2.23. The first kappa shape index (κ1) is 10.8. The summed E-state index contributed by atoms with van der Waals surface area (Å²) in [4.78, 5) is 4.68. The van der Waals surface area contributed by atoms with Crippen LogP contribution in [0.1, 0.15) is 24.1 Å². The highest BCUT2D eigenvalue weighted by Gasteiger charge is 2.12. The topological polar surface area (TPSA) is 37.0 Å². The second-order valence-electron chi connectivity index (χ2n) is 4.83. The van der Waals surface area contributed by atoms with E-state index in [2.05, 4.69) is 33.8 Å². The van der Waals surface area contributed by atoms with Gasteiger partial charge in [-0.2, -0.15) is 0 Å². The van der Waals surface area contributed by atoms with E-state index in [0.717, 1.165) is 38.3 Å². The van der Waals surface area contributed by atoms with Gasteiger partial charge >= 0.3 is 0 Å². The summed E-state index contributed by atoms with van der Waals surface area (Å²) in [6.45, 7) is 3.05. The normalized spacial score (nSPS) is 18.7. The number of hydrogen-bond acceptors (Lipinski definition) is 3. The second kappa shape index (κ2) is 4.88. The molecule has 2 N–H and O–H groups in total. The van der Waals surface area contributed by atoms with Crippen molar-refractivity contribution in [1.29, 1.82) is 0 Å². The van der Waals surface area contributed by atoms with Crippen molar-refractivity contribution in [2.24, 2.45) is 0 Å². The van der Waals surface area contributed by atoms with E-state index in [4.69, 9.17) is 0 Å². The van der Waals surface area contributed by atoms with Gasteiger partial charge in [-0.3, -0.25) is 0 Å². The monoisotopic (exact) mass is 229 g/mol. The van der Waals surface area contributed by atoms with E-state index in [-0.39, 0.29) is 0 Å². The third-order valence-corrected chi connectivity index (χ3v) is 3.58. The van der Waals surface area contributed by atoms with Crippen LogP contribution in [0.15, 0.2) is 23.8 Å². The molecular weight excluding hydrogens is 210 g/mol. The Bertz CT molecular complexity index is 437. The first-order valence-electron chi connectivity index (χ1n) is 6.53. The predicted molar refractivity (Wildman–Crippen MR) is 70.3 cm³/mol.